The topological polar surface area (TPSA) is 0 Å². The van der Waals surface area contributed by atoms with Crippen molar-refractivity contribution in [3.63, 3.8) is 0 Å². The molecule has 1 rings (SSSR count). The Labute approximate surface area is 93.7 Å². The van der Waals surface area contributed by atoms with Crippen LogP contribution >= 0.6 is 11.6 Å². The minimum absolute atomic E-state index is 0.441. The molecular formula is C13H23Cl. The van der Waals surface area contributed by atoms with Crippen molar-refractivity contribution in [3.8, 4) is 0 Å². The Morgan fingerprint density at radius 3 is 2.21 bits per heavy atom. The molecule has 0 aromatic carbocycles. The van der Waals surface area contributed by atoms with Crippen molar-refractivity contribution in [3.05, 3.63) is 11.6 Å². The lowest BCUT2D eigenvalue weighted by atomic mass is 9.81. The zero-order valence-corrected chi connectivity index (χ0v) is 10.4. The van der Waals surface area contributed by atoms with Crippen LogP contribution in [0.15, 0.2) is 11.6 Å². The number of hydrogen-bond acceptors (Lipinski definition) is 0. The molecule has 1 saturated carbocycles. The quantitative estimate of drug-likeness (QED) is 0.355. The van der Waals surface area contributed by atoms with Crippen molar-refractivity contribution in [2.45, 2.75) is 58.8 Å². The van der Waals surface area contributed by atoms with Gasteiger partial charge in [0.1, 0.15) is 0 Å². The molecule has 0 bridgehead atoms. The van der Waals surface area contributed by atoms with E-state index in [1.165, 1.54) is 44.1 Å². The van der Waals surface area contributed by atoms with Crippen LogP contribution in [0.4, 0.5) is 0 Å². The molecule has 0 amide bonds. The molecular weight excluding hydrogens is 192 g/mol. The molecule has 82 valence electrons. The molecule has 0 nitrogen and oxygen atoms in total. The second kappa shape index (κ2) is 5.80. The van der Waals surface area contributed by atoms with Gasteiger partial charge in [0.15, 0.2) is 0 Å². The summed E-state index contributed by atoms with van der Waals surface area (Å²) in [5, 5.41) is 0. The lowest BCUT2D eigenvalue weighted by molar-refractivity contribution is 0.365. The van der Waals surface area contributed by atoms with E-state index < -0.39 is 0 Å². The Bertz CT molecular complexity index is 179. The fourth-order valence-electron chi connectivity index (χ4n) is 2.41. The van der Waals surface area contributed by atoms with Crippen LogP contribution in [0.2, 0.25) is 0 Å². The smallest absolute Gasteiger partial charge is 0.0433 e. The Morgan fingerprint density at radius 2 is 1.79 bits per heavy atom. The first-order valence-corrected chi connectivity index (χ1v) is 6.50. The van der Waals surface area contributed by atoms with Crippen molar-refractivity contribution in [2.75, 3.05) is 5.88 Å². The normalized spacial score (nSPS) is 23.2. The van der Waals surface area contributed by atoms with Gasteiger partial charge in [0.2, 0.25) is 0 Å². The van der Waals surface area contributed by atoms with Gasteiger partial charge in [0.25, 0.3) is 0 Å². The summed E-state index contributed by atoms with van der Waals surface area (Å²) in [6, 6.07) is 0. The van der Waals surface area contributed by atoms with Crippen molar-refractivity contribution >= 4 is 11.6 Å². The molecule has 14 heavy (non-hydrogen) atoms. The van der Waals surface area contributed by atoms with Gasteiger partial charge >= 0.3 is 0 Å². The Kier molecular flexibility index (Phi) is 5.01. The first kappa shape index (κ1) is 12.1. The van der Waals surface area contributed by atoms with Gasteiger partial charge in [-0.15, -0.1) is 11.6 Å². The fourth-order valence-corrected chi connectivity index (χ4v) is 2.67. The third kappa shape index (κ3) is 3.65. The summed E-state index contributed by atoms with van der Waals surface area (Å²) >= 11 is 5.92. The van der Waals surface area contributed by atoms with E-state index in [1.807, 2.05) is 0 Å². The molecule has 1 fully saturated rings. The van der Waals surface area contributed by atoms with Crippen LogP contribution in [0.25, 0.3) is 0 Å². The molecule has 0 aromatic heterocycles. The first-order valence-electron chi connectivity index (χ1n) is 5.97. The molecule has 0 N–H and O–H groups in total. The summed E-state index contributed by atoms with van der Waals surface area (Å²) in [4.78, 5) is 0. The van der Waals surface area contributed by atoms with Gasteiger partial charge in [-0.25, -0.2) is 0 Å². The molecule has 0 aliphatic heterocycles. The second-order valence-corrected chi connectivity index (χ2v) is 5.13. The van der Waals surface area contributed by atoms with Gasteiger partial charge in [-0.1, -0.05) is 51.2 Å². The molecule has 1 aliphatic rings. The van der Waals surface area contributed by atoms with Gasteiger partial charge in [-0.05, 0) is 24.7 Å². The average molecular weight is 215 g/mol. The van der Waals surface area contributed by atoms with E-state index in [0.29, 0.717) is 11.3 Å². The standard InChI is InChI=1S/C13H23Cl/c1-3-12(11-14)10-13(2)8-6-4-5-7-9-13/h10H,3-9,11H2,1-2H3/b12-10-. The van der Waals surface area contributed by atoms with Crippen LogP contribution in [0.3, 0.4) is 0 Å². The van der Waals surface area contributed by atoms with Crippen molar-refractivity contribution in [2.24, 2.45) is 5.41 Å². The van der Waals surface area contributed by atoms with Gasteiger partial charge in [-0.2, -0.15) is 0 Å². The number of allylic oxidation sites excluding steroid dienone is 2. The monoisotopic (exact) mass is 214 g/mol. The predicted molar refractivity (Wildman–Crippen MR) is 64.9 cm³/mol. The van der Waals surface area contributed by atoms with Crippen molar-refractivity contribution in [1.82, 2.24) is 0 Å². The average Bonchev–Trinajstić information content (AvgIpc) is 2.40. The summed E-state index contributed by atoms with van der Waals surface area (Å²) < 4.78 is 0. The van der Waals surface area contributed by atoms with Crippen LogP contribution in [-0.2, 0) is 0 Å². The highest BCUT2D eigenvalue weighted by molar-refractivity contribution is 6.19. The van der Waals surface area contributed by atoms with Gasteiger partial charge in [0.05, 0.1) is 0 Å². The van der Waals surface area contributed by atoms with E-state index in [0.717, 1.165) is 6.42 Å². The lowest BCUT2D eigenvalue weighted by Gasteiger charge is -2.25. The minimum atomic E-state index is 0.441. The maximum absolute atomic E-state index is 5.92. The van der Waals surface area contributed by atoms with Gasteiger partial charge < -0.3 is 0 Å². The highest BCUT2D eigenvalue weighted by atomic mass is 35.5. The molecule has 0 spiro atoms. The van der Waals surface area contributed by atoms with Crippen LogP contribution in [0.5, 0.6) is 0 Å². The molecule has 0 atom stereocenters. The largest absolute Gasteiger partial charge is 0.122 e. The van der Waals surface area contributed by atoms with E-state index in [9.17, 15) is 0 Å². The van der Waals surface area contributed by atoms with E-state index in [1.54, 1.807) is 0 Å². The summed E-state index contributed by atoms with van der Waals surface area (Å²) in [7, 11) is 0. The zero-order chi connectivity index (χ0) is 10.4. The molecule has 0 heterocycles. The molecule has 0 saturated heterocycles. The summed E-state index contributed by atoms with van der Waals surface area (Å²) in [5.41, 5.74) is 1.87. The van der Waals surface area contributed by atoms with Crippen LogP contribution in [-0.4, -0.2) is 5.88 Å². The fraction of sp³-hybridized carbons (Fsp3) is 0.846. The Morgan fingerprint density at radius 1 is 1.21 bits per heavy atom. The summed E-state index contributed by atoms with van der Waals surface area (Å²) in [6.45, 7) is 4.61. The summed E-state index contributed by atoms with van der Waals surface area (Å²) in [6.07, 6.45) is 11.9. The van der Waals surface area contributed by atoms with E-state index in [2.05, 4.69) is 19.9 Å². The Balaban J connectivity index is 2.65. The zero-order valence-electron chi connectivity index (χ0n) is 9.61. The molecule has 0 aromatic rings. The third-order valence-electron chi connectivity index (χ3n) is 3.42. The molecule has 1 heteroatoms. The molecule has 0 radical (unpaired) electrons. The van der Waals surface area contributed by atoms with E-state index >= 15 is 0 Å². The summed E-state index contributed by atoms with van der Waals surface area (Å²) in [5.74, 6) is 0.714. The van der Waals surface area contributed by atoms with Crippen LogP contribution in [0, 0.1) is 5.41 Å². The number of hydrogen-bond donors (Lipinski definition) is 0. The predicted octanol–water partition coefficient (Wildman–Crippen LogP) is 4.92. The lowest BCUT2D eigenvalue weighted by Crippen LogP contribution is -2.12. The maximum Gasteiger partial charge on any atom is 0.0433 e. The molecule has 1 aliphatic carbocycles. The molecule has 0 unspecified atom stereocenters. The van der Waals surface area contributed by atoms with Crippen LogP contribution in [0.1, 0.15) is 58.8 Å². The van der Waals surface area contributed by atoms with Crippen molar-refractivity contribution < 1.29 is 0 Å². The highest BCUT2D eigenvalue weighted by Gasteiger charge is 2.23. The van der Waals surface area contributed by atoms with E-state index in [-0.39, 0.29) is 0 Å². The van der Waals surface area contributed by atoms with Crippen molar-refractivity contribution in [1.29, 1.82) is 0 Å². The maximum atomic E-state index is 5.92. The highest BCUT2D eigenvalue weighted by Crippen LogP contribution is 2.37. The number of halogens is 1. The van der Waals surface area contributed by atoms with Gasteiger partial charge in [0, 0.05) is 5.88 Å². The third-order valence-corrected chi connectivity index (χ3v) is 3.77. The SMILES string of the molecule is CC/C(=C/C1(C)CCCCCC1)CCl. The second-order valence-electron chi connectivity index (χ2n) is 4.86. The number of alkyl halides is 1. The number of rotatable bonds is 3. The van der Waals surface area contributed by atoms with E-state index in [4.69, 9.17) is 11.6 Å². The Hall–Kier alpha value is 0.0300. The first-order chi connectivity index (χ1) is 6.70. The minimum Gasteiger partial charge on any atom is -0.122 e. The van der Waals surface area contributed by atoms with Gasteiger partial charge in [-0.3, -0.25) is 0 Å². The van der Waals surface area contributed by atoms with Crippen LogP contribution < -0.4 is 0 Å².